The highest BCUT2D eigenvalue weighted by Gasteiger charge is 2.36. The van der Waals surface area contributed by atoms with Gasteiger partial charge < -0.3 is 14.8 Å². The molecule has 8 heteroatoms. The maximum absolute atomic E-state index is 14.1. The SMILES string of the molecule is CCCC(c1ccc(C(=O)OC(C)(C)C)cc1)C(NC(=O)C1(C)C=CC(c2c(C)cccc2C)=CC1)c1ccc(OC(F)(F)F)cc1. The Balaban J connectivity index is 1.66. The Morgan fingerprint density at radius 3 is 2.02 bits per heavy atom. The number of nitrogens with one attached hydrogen (secondary N) is 1. The number of benzene rings is 3. The molecule has 250 valence electrons. The molecule has 3 aromatic rings. The van der Waals surface area contributed by atoms with Crippen molar-refractivity contribution in [1.82, 2.24) is 5.32 Å². The van der Waals surface area contributed by atoms with E-state index in [0.29, 0.717) is 24.0 Å². The van der Waals surface area contributed by atoms with Crippen molar-refractivity contribution >= 4 is 17.4 Å². The summed E-state index contributed by atoms with van der Waals surface area (Å²) in [7, 11) is 0. The molecule has 3 aromatic carbocycles. The van der Waals surface area contributed by atoms with E-state index in [0.717, 1.165) is 34.2 Å². The molecule has 0 saturated carbocycles. The Morgan fingerprint density at radius 1 is 0.915 bits per heavy atom. The lowest BCUT2D eigenvalue weighted by Gasteiger charge is -2.34. The van der Waals surface area contributed by atoms with Crippen molar-refractivity contribution in [1.29, 1.82) is 0 Å². The second kappa shape index (κ2) is 14.2. The van der Waals surface area contributed by atoms with E-state index in [-0.39, 0.29) is 17.6 Å². The standard InChI is InChI=1S/C39H44F3NO4/c1-8-10-32(27-13-15-30(16-14-27)35(44)47-37(4,5)6)34(29-17-19-31(20-18-29)46-39(40,41)42)43-36(45)38(7)23-21-28(22-24-38)33-25(2)11-9-12-26(33)3/h9,11-23,32,34H,8,10,24H2,1-7H3,(H,43,45). The number of alkyl halides is 3. The monoisotopic (exact) mass is 647 g/mol. The third-order valence-electron chi connectivity index (χ3n) is 8.40. The Morgan fingerprint density at radius 2 is 1.51 bits per heavy atom. The number of allylic oxidation sites excluding steroid dienone is 3. The molecule has 0 fully saturated rings. The van der Waals surface area contributed by atoms with Gasteiger partial charge in [0.05, 0.1) is 17.0 Å². The summed E-state index contributed by atoms with van der Waals surface area (Å²) in [5.74, 6) is -1.22. The van der Waals surface area contributed by atoms with Crippen LogP contribution in [0.4, 0.5) is 13.2 Å². The van der Waals surface area contributed by atoms with Crippen LogP contribution in [0.2, 0.25) is 0 Å². The molecule has 0 bridgehead atoms. The van der Waals surface area contributed by atoms with E-state index < -0.39 is 29.4 Å². The van der Waals surface area contributed by atoms with E-state index in [9.17, 15) is 22.8 Å². The average Bonchev–Trinajstić information content (AvgIpc) is 2.98. The zero-order valence-corrected chi connectivity index (χ0v) is 28.1. The zero-order chi connectivity index (χ0) is 34.6. The first-order valence-electron chi connectivity index (χ1n) is 16.0. The molecule has 3 unspecified atom stereocenters. The lowest BCUT2D eigenvalue weighted by Crippen LogP contribution is -2.42. The van der Waals surface area contributed by atoms with Gasteiger partial charge in [0.1, 0.15) is 11.4 Å². The first-order chi connectivity index (χ1) is 22.0. The fourth-order valence-corrected chi connectivity index (χ4v) is 5.99. The Kier molecular flexibility index (Phi) is 10.7. The van der Waals surface area contributed by atoms with Gasteiger partial charge in [0.2, 0.25) is 5.91 Å². The lowest BCUT2D eigenvalue weighted by molar-refractivity contribution is -0.274. The Bertz CT molecular complexity index is 1610. The van der Waals surface area contributed by atoms with E-state index in [1.54, 1.807) is 45.0 Å². The van der Waals surface area contributed by atoms with Gasteiger partial charge in [-0.15, -0.1) is 13.2 Å². The number of aryl methyl sites for hydroxylation is 2. The number of amides is 1. The zero-order valence-electron chi connectivity index (χ0n) is 28.1. The highest BCUT2D eigenvalue weighted by atomic mass is 19.4. The van der Waals surface area contributed by atoms with E-state index >= 15 is 0 Å². The summed E-state index contributed by atoms with van der Waals surface area (Å²) in [5, 5.41) is 3.27. The number of hydrogen-bond acceptors (Lipinski definition) is 4. The molecule has 1 aliphatic carbocycles. The minimum atomic E-state index is -4.82. The second-order valence-electron chi connectivity index (χ2n) is 13.5. The van der Waals surface area contributed by atoms with Crippen LogP contribution in [0.5, 0.6) is 5.75 Å². The summed E-state index contributed by atoms with van der Waals surface area (Å²) in [6.45, 7) is 13.5. The van der Waals surface area contributed by atoms with Crippen LogP contribution in [0.1, 0.15) is 104 Å². The Labute approximate surface area is 275 Å². The first-order valence-corrected chi connectivity index (χ1v) is 16.0. The molecule has 0 radical (unpaired) electrons. The third-order valence-corrected chi connectivity index (χ3v) is 8.40. The van der Waals surface area contributed by atoms with Crippen LogP contribution in [0.3, 0.4) is 0 Å². The van der Waals surface area contributed by atoms with Gasteiger partial charge in [-0.1, -0.05) is 74.0 Å². The summed E-state index contributed by atoms with van der Waals surface area (Å²) in [5.41, 5.74) is 4.96. The molecular weight excluding hydrogens is 603 g/mol. The van der Waals surface area contributed by atoms with Crippen LogP contribution in [0.15, 0.2) is 85.0 Å². The molecule has 47 heavy (non-hydrogen) atoms. The highest BCUT2D eigenvalue weighted by Crippen LogP contribution is 2.40. The third kappa shape index (κ3) is 9.15. The molecule has 3 atom stereocenters. The van der Waals surface area contributed by atoms with E-state index in [4.69, 9.17) is 4.74 Å². The predicted octanol–water partition coefficient (Wildman–Crippen LogP) is 9.95. The maximum atomic E-state index is 14.1. The Hall–Kier alpha value is -4.33. The molecular formula is C39H44F3NO4. The van der Waals surface area contributed by atoms with Crippen LogP contribution in [0.25, 0.3) is 5.57 Å². The largest absolute Gasteiger partial charge is 0.573 e. The normalized spacial score (nSPS) is 17.8. The summed E-state index contributed by atoms with van der Waals surface area (Å²) < 4.78 is 48.3. The quantitative estimate of drug-likeness (QED) is 0.223. The van der Waals surface area contributed by atoms with Gasteiger partial charge in [-0.3, -0.25) is 4.79 Å². The van der Waals surface area contributed by atoms with Gasteiger partial charge in [-0.25, -0.2) is 4.79 Å². The van der Waals surface area contributed by atoms with Gasteiger partial charge in [0.25, 0.3) is 0 Å². The fourth-order valence-electron chi connectivity index (χ4n) is 5.99. The van der Waals surface area contributed by atoms with Crippen molar-refractivity contribution in [2.24, 2.45) is 5.41 Å². The van der Waals surface area contributed by atoms with Crippen LogP contribution in [0, 0.1) is 19.3 Å². The van der Waals surface area contributed by atoms with Crippen LogP contribution >= 0.6 is 0 Å². The lowest BCUT2D eigenvalue weighted by atomic mass is 9.77. The summed E-state index contributed by atoms with van der Waals surface area (Å²) in [6, 6.07) is 18.3. The van der Waals surface area contributed by atoms with Gasteiger partial charge in [0, 0.05) is 5.92 Å². The van der Waals surface area contributed by atoms with Crippen molar-refractivity contribution in [3.63, 3.8) is 0 Å². The summed E-state index contributed by atoms with van der Waals surface area (Å²) in [6.07, 6.45) is 3.13. The number of carbonyl (C=O) groups excluding carboxylic acids is 2. The van der Waals surface area contributed by atoms with Gasteiger partial charge in [0.15, 0.2) is 0 Å². The summed E-state index contributed by atoms with van der Waals surface area (Å²) in [4.78, 5) is 26.8. The average molecular weight is 648 g/mol. The van der Waals surface area contributed by atoms with Crippen molar-refractivity contribution in [2.45, 2.75) is 91.7 Å². The molecule has 1 N–H and O–H groups in total. The number of esters is 1. The minimum absolute atomic E-state index is 0.197. The topological polar surface area (TPSA) is 64.6 Å². The number of halogens is 3. The van der Waals surface area contributed by atoms with Crippen molar-refractivity contribution < 1.29 is 32.2 Å². The van der Waals surface area contributed by atoms with Crippen LogP contribution < -0.4 is 10.1 Å². The van der Waals surface area contributed by atoms with Crippen molar-refractivity contribution in [2.75, 3.05) is 0 Å². The number of hydrogen-bond donors (Lipinski definition) is 1. The molecule has 0 aliphatic heterocycles. The van der Waals surface area contributed by atoms with Gasteiger partial charge in [-0.2, -0.15) is 0 Å². The predicted molar refractivity (Wildman–Crippen MR) is 179 cm³/mol. The van der Waals surface area contributed by atoms with Crippen LogP contribution in [-0.4, -0.2) is 23.8 Å². The van der Waals surface area contributed by atoms with Crippen molar-refractivity contribution in [3.8, 4) is 5.75 Å². The maximum Gasteiger partial charge on any atom is 0.573 e. The molecule has 1 aliphatic rings. The van der Waals surface area contributed by atoms with Crippen molar-refractivity contribution in [3.05, 3.63) is 118 Å². The summed E-state index contributed by atoms with van der Waals surface area (Å²) >= 11 is 0. The molecule has 0 heterocycles. The molecule has 0 saturated heterocycles. The van der Waals surface area contributed by atoms with Crippen LogP contribution in [-0.2, 0) is 9.53 Å². The molecule has 5 nitrogen and oxygen atoms in total. The highest BCUT2D eigenvalue weighted by molar-refractivity contribution is 5.90. The molecule has 0 aromatic heterocycles. The molecule has 0 spiro atoms. The van der Waals surface area contributed by atoms with E-state index in [1.807, 2.05) is 44.2 Å². The smallest absolute Gasteiger partial charge is 0.456 e. The first kappa shape index (κ1) is 35.5. The van der Waals surface area contributed by atoms with E-state index in [2.05, 4.69) is 42.1 Å². The number of ether oxygens (including phenoxy) is 2. The van der Waals surface area contributed by atoms with Gasteiger partial charge in [-0.05, 0) is 112 Å². The number of rotatable bonds is 10. The van der Waals surface area contributed by atoms with Gasteiger partial charge >= 0.3 is 12.3 Å². The fraction of sp³-hybridized carbons (Fsp3) is 0.385. The second-order valence-corrected chi connectivity index (χ2v) is 13.5. The molecule has 4 rings (SSSR count). The number of carbonyl (C=O) groups is 2. The van der Waals surface area contributed by atoms with E-state index in [1.165, 1.54) is 12.1 Å². The minimum Gasteiger partial charge on any atom is -0.456 e. The molecule has 1 amide bonds.